The van der Waals surface area contributed by atoms with E-state index in [2.05, 4.69) is 43.4 Å². The molecule has 0 saturated carbocycles. The Balaban J connectivity index is 1.69. The highest BCUT2D eigenvalue weighted by atomic mass is 16.1. The third-order valence-electron chi connectivity index (χ3n) is 4.00. The number of amides is 1. The Morgan fingerprint density at radius 1 is 0.957 bits per heavy atom. The molecule has 23 heavy (non-hydrogen) atoms. The van der Waals surface area contributed by atoms with E-state index in [1.807, 2.05) is 24.3 Å². The van der Waals surface area contributed by atoms with Crippen LogP contribution in [-0.2, 0) is 17.6 Å². The molecule has 3 nitrogen and oxygen atoms in total. The lowest BCUT2D eigenvalue weighted by Crippen LogP contribution is -2.25. The minimum atomic E-state index is 0.105. The van der Waals surface area contributed by atoms with Crippen molar-refractivity contribution in [3.05, 3.63) is 65.2 Å². The Kier molecular flexibility index (Phi) is 6.21. The Hall–Kier alpha value is -2.29. The van der Waals surface area contributed by atoms with Crippen molar-refractivity contribution in [2.24, 2.45) is 0 Å². The summed E-state index contributed by atoms with van der Waals surface area (Å²) in [6, 6.07) is 16.3. The van der Waals surface area contributed by atoms with Gasteiger partial charge in [0.2, 0.25) is 5.91 Å². The monoisotopic (exact) mass is 310 g/mol. The van der Waals surface area contributed by atoms with Crippen LogP contribution in [0.3, 0.4) is 0 Å². The maximum atomic E-state index is 11.9. The molecule has 0 aliphatic carbocycles. The molecule has 122 valence electrons. The van der Waals surface area contributed by atoms with Gasteiger partial charge < -0.3 is 11.1 Å². The van der Waals surface area contributed by atoms with Gasteiger partial charge in [0.05, 0.1) is 0 Å². The van der Waals surface area contributed by atoms with Crippen LogP contribution in [0.25, 0.3) is 0 Å². The predicted molar refractivity (Wildman–Crippen MR) is 96.4 cm³/mol. The largest absolute Gasteiger partial charge is 0.399 e. The number of nitrogen functional groups attached to an aromatic ring is 1. The summed E-state index contributed by atoms with van der Waals surface area (Å²) in [5.41, 5.74) is 10.1. The van der Waals surface area contributed by atoms with Gasteiger partial charge >= 0.3 is 0 Å². The number of carbonyl (C=O) groups excluding carboxylic acids is 1. The highest BCUT2D eigenvalue weighted by Crippen LogP contribution is 2.15. The smallest absolute Gasteiger partial charge is 0.220 e. The van der Waals surface area contributed by atoms with Gasteiger partial charge in [0.25, 0.3) is 0 Å². The van der Waals surface area contributed by atoms with Gasteiger partial charge in [-0.15, -0.1) is 0 Å². The standard InChI is InChI=1S/C20H26N2O/c1-15(2)18-8-3-16(4-9-18)7-12-20(23)22-14-13-17-5-10-19(21)11-6-17/h3-6,8-11,15H,7,12-14,21H2,1-2H3,(H,22,23). The van der Waals surface area contributed by atoms with Gasteiger partial charge in [-0.3, -0.25) is 4.79 Å². The Morgan fingerprint density at radius 3 is 2.13 bits per heavy atom. The van der Waals surface area contributed by atoms with Crippen LogP contribution in [0.2, 0.25) is 0 Å². The van der Waals surface area contributed by atoms with E-state index in [1.165, 1.54) is 16.7 Å². The molecule has 0 fully saturated rings. The fourth-order valence-electron chi connectivity index (χ4n) is 2.45. The van der Waals surface area contributed by atoms with Crippen LogP contribution in [0, 0.1) is 0 Å². The van der Waals surface area contributed by atoms with Crippen molar-refractivity contribution in [2.45, 2.75) is 39.0 Å². The second-order valence-electron chi connectivity index (χ2n) is 6.24. The lowest BCUT2D eigenvalue weighted by Gasteiger charge is -2.08. The lowest BCUT2D eigenvalue weighted by atomic mass is 10.0. The van der Waals surface area contributed by atoms with E-state index < -0.39 is 0 Å². The van der Waals surface area contributed by atoms with Gasteiger partial charge in [0, 0.05) is 18.7 Å². The van der Waals surface area contributed by atoms with Gasteiger partial charge in [0.1, 0.15) is 0 Å². The summed E-state index contributed by atoms with van der Waals surface area (Å²) in [5.74, 6) is 0.647. The fourth-order valence-corrected chi connectivity index (χ4v) is 2.45. The van der Waals surface area contributed by atoms with Crippen LogP contribution in [0.1, 0.15) is 42.9 Å². The summed E-state index contributed by atoms with van der Waals surface area (Å²) in [7, 11) is 0. The number of aryl methyl sites for hydroxylation is 1. The van der Waals surface area contributed by atoms with Gasteiger partial charge in [-0.2, -0.15) is 0 Å². The summed E-state index contributed by atoms with van der Waals surface area (Å²) in [4.78, 5) is 11.9. The molecule has 0 bridgehead atoms. The average molecular weight is 310 g/mol. The zero-order valence-corrected chi connectivity index (χ0v) is 14.0. The molecule has 2 rings (SSSR count). The van der Waals surface area contributed by atoms with Crippen molar-refractivity contribution in [3.63, 3.8) is 0 Å². The molecule has 0 radical (unpaired) electrons. The Labute approximate surface area is 138 Å². The quantitative estimate of drug-likeness (QED) is 0.766. The van der Waals surface area contributed by atoms with E-state index in [0.29, 0.717) is 18.9 Å². The maximum Gasteiger partial charge on any atom is 0.220 e. The van der Waals surface area contributed by atoms with E-state index in [4.69, 9.17) is 5.73 Å². The normalized spacial score (nSPS) is 10.7. The lowest BCUT2D eigenvalue weighted by molar-refractivity contribution is -0.121. The molecule has 0 aliphatic heterocycles. The van der Waals surface area contributed by atoms with Crippen LogP contribution in [0.15, 0.2) is 48.5 Å². The van der Waals surface area contributed by atoms with Crippen molar-refractivity contribution >= 4 is 11.6 Å². The molecule has 0 spiro atoms. The van der Waals surface area contributed by atoms with Crippen molar-refractivity contribution in [3.8, 4) is 0 Å². The van der Waals surface area contributed by atoms with Gasteiger partial charge in [-0.05, 0) is 47.6 Å². The first-order chi connectivity index (χ1) is 11.0. The maximum absolute atomic E-state index is 11.9. The van der Waals surface area contributed by atoms with E-state index in [0.717, 1.165) is 18.5 Å². The van der Waals surface area contributed by atoms with Crippen LogP contribution in [-0.4, -0.2) is 12.5 Å². The summed E-state index contributed by atoms with van der Waals surface area (Å²) >= 11 is 0. The van der Waals surface area contributed by atoms with Crippen molar-refractivity contribution < 1.29 is 4.79 Å². The molecule has 0 aromatic heterocycles. The number of anilines is 1. The molecule has 2 aromatic rings. The van der Waals surface area contributed by atoms with Crippen LogP contribution < -0.4 is 11.1 Å². The fraction of sp³-hybridized carbons (Fsp3) is 0.350. The summed E-state index contributed by atoms with van der Waals surface area (Å²) in [6.45, 7) is 5.03. The second-order valence-corrected chi connectivity index (χ2v) is 6.24. The molecule has 3 N–H and O–H groups in total. The second kappa shape index (κ2) is 8.37. The number of benzene rings is 2. The third kappa shape index (κ3) is 5.78. The number of carbonyl (C=O) groups is 1. The number of hydrogen-bond donors (Lipinski definition) is 2. The van der Waals surface area contributed by atoms with Crippen molar-refractivity contribution in [1.29, 1.82) is 0 Å². The summed E-state index contributed by atoms with van der Waals surface area (Å²) in [6.07, 6.45) is 2.14. The van der Waals surface area contributed by atoms with E-state index in [1.54, 1.807) is 0 Å². The van der Waals surface area contributed by atoms with Gasteiger partial charge in [-0.1, -0.05) is 50.2 Å². The Bertz CT molecular complexity index is 615. The van der Waals surface area contributed by atoms with E-state index in [-0.39, 0.29) is 5.91 Å². The highest BCUT2D eigenvalue weighted by Gasteiger charge is 2.03. The molecule has 0 atom stereocenters. The first-order valence-corrected chi connectivity index (χ1v) is 8.24. The van der Waals surface area contributed by atoms with Crippen molar-refractivity contribution in [2.75, 3.05) is 12.3 Å². The first kappa shape index (κ1) is 17.1. The van der Waals surface area contributed by atoms with E-state index in [9.17, 15) is 4.79 Å². The average Bonchev–Trinajstić information content (AvgIpc) is 2.55. The van der Waals surface area contributed by atoms with Crippen LogP contribution >= 0.6 is 0 Å². The summed E-state index contributed by atoms with van der Waals surface area (Å²) < 4.78 is 0. The molecule has 0 saturated heterocycles. The highest BCUT2D eigenvalue weighted by molar-refractivity contribution is 5.76. The number of hydrogen-bond acceptors (Lipinski definition) is 2. The zero-order chi connectivity index (χ0) is 16.7. The van der Waals surface area contributed by atoms with Crippen LogP contribution in [0.4, 0.5) is 5.69 Å². The number of nitrogens with two attached hydrogens (primary N) is 1. The van der Waals surface area contributed by atoms with E-state index >= 15 is 0 Å². The third-order valence-corrected chi connectivity index (χ3v) is 4.00. The minimum Gasteiger partial charge on any atom is -0.399 e. The molecule has 2 aromatic carbocycles. The van der Waals surface area contributed by atoms with Gasteiger partial charge in [0.15, 0.2) is 0 Å². The Morgan fingerprint density at radius 2 is 1.52 bits per heavy atom. The van der Waals surface area contributed by atoms with Crippen LogP contribution in [0.5, 0.6) is 0 Å². The topological polar surface area (TPSA) is 55.1 Å². The molecule has 1 amide bonds. The van der Waals surface area contributed by atoms with Crippen molar-refractivity contribution in [1.82, 2.24) is 5.32 Å². The molecule has 3 heteroatoms. The predicted octanol–water partition coefficient (Wildman–Crippen LogP) is 3.68. The number of rotatable bonds is 7. The molecule has 0 heterocycles. The number of nitrogens with one attached hydrogen (secondary N) is 1. The first-order valence-electron chi connectivity index (χ1n) is 8.24. The molecular weight excluding hydrogens is 284 g/mol. The summed E-state index contributed by atoms with van der Waals surface area (Å²) in [5, 5.41) is 2.98. The molecule has 0 aliphatic rings. The zero-order valence-electron chi connectivity index (χ0n) is 14.0. The molecular formula is C20H26N2O. The SMILES string of the molecule is CC(C)c1ccc(CCC(=O)NCCc2ccc(N)cc2)cc1. The molecule has 0 unspecified atom stereocenters. The van der Waals surface area contributed by atoms with Gasteiger partial charge in [-0.25, -0.2) is 0 Å². The minimum absolute atomic E-state index is 0.105.